The third-order valence-corrected chi connectivity index (χ3v) is 5.30. The Bertz CT molecular complexity index is 697. The van der Waals surface area contributed by atoms with E-state index in [0.717, 1.165) is 31.1 Å². The molecule has 1 aromatic carbocycles. The van der Waals surface area contributed by atoms with Gasteiger partial charge in [-0.25, -0.2) is 0 Å². The van der Waals surface area contributed by atoms with Crippen molar-refractivity contribution in [2.45, 2.75) is 26.3 Å². The van der Waals surface area contributed by atoms with E-state index in [2.05, 4.69) is 16.8 Å². The van der Waals surface area contributed by atoms with Crippen molar-refractivity contribution in [2.24, 2.45) is 5.92 Å². The maximum atomic E-state index is 13.0. The molecule has 1 aromatic heterocycles. The van der Waals surface area contributed by atoms with E-state index < -0.39 is 0 Å². The SMILES string of the molecule is CC1CCN(CCN(Cc2ccc(Cl)cc2)C(=O)c2cccnc2)CC1. The number of piperidine rings is 1. The summed E-state index contributed by atoms with van der Waals surface area (Å²) in [5.41, 5.74) is 1.72. The van der Waals surface area contributed by atoms with Gasteiger partial charge in [-0.05, 0) is 61.7 Å². The second-order valence-corrected chi connectivity index (χ2v) is 7.56. The van der Waals surface area contributed by atoms with Crippen LogP contribution in [0.5, 0.6) is 0 Å². The minimum Gasteiger partial charge on any atom is -0.333 e. The number of benzene rings is 1. The highest BCUT2D eigenvalue weighted by Crippen LogP contribution is 2.17. The van der Waals surface area contributed by atoms with Crippen molar-refractivity contribution in [3.05, 3.63) is 64.9 Å². The molecule has 0 bridgehead atoms. The van der Waals surface area contributed by atoms with Crippen molar-refractivity contribution < 1.29 is 4.79 Å². The average Bonchev–Trinajstić information content (AvgIpc) is 2.68. The van der Waals surface area contributed by atoms with E-state index in [9.17, 15) is 4.79 Å². The fourth-order valence-corrected chi connectivity index (χ4v) is 3.41. The van der Waals surface area contributed by atoms with Crippen molar-refractivity contribution in [2.75, 3.05) is 26.2 Å². The Kier molecular flexibility index (Phi) is 6.64. The van der Waals surface area contributed by atoms with Crippen LogP contribution in [-0.4, -0.2) is 46.9 Å². The summed E-state index contributed by atoms with van der Waals surface area (Å²) in [6.45, 7) is 6.76. The van der Waals surface area contributed by atoms with Gasteiger partial charge in [0.2, 0.25) is 0 Å². The Balaban J connectivity index is 1.68. The molecule has 0 N–H and O–H groups in total. The first-order valence-corrected chi connectivity index (χ1v) is 9.65. The third kappa shape index (κ3) is 5.29. The van der Waals surface area contributed by atoms with Gasteiger partial charge < -0.3 is 9.80 Å². The van der Waals surface area contributed by atoms with E-state index in [1.165, 1.54) is 12.8 Å². The van der Waals surface area contributed by atoms with E-state index in [1.807, 2.05) is 35.2 Å². The van der Waals surface area contributed by atoms with Crippen LogP contribution in [0.25, 0.3) is 0 Å². The molecule has 0 atom stereocenters. The Labute approximate surface area is 160 Å². The smallest absolute Gasteiger partial charge is 0.255 e. The van der Waals surface area contributed by atoms with Crippen LogP contribution in [0.2, 0.25) is 5.02 Å². The summed E-state index contributed by atoms with van der Waals surface area (Å²) in [5.74, 6) is 0.840. The molecule has 0 saturated carbocycles. The molecular formula is C21H26ClN3O. The molecule has 0 unspecified atom stereocenters. The third-order valence-electron chi connectivity index (χ3n) is 5.04. The summed E-state index contributed by atoms with van der Waals surface area (Å²) >= 11 is 5.99. The lowest BCUT2D eigenvalue weighted by Gasteiger charge is -2.32. The minimum absolute atomic E-state index is 0.0263. The van der Waals surface area contributed by atoms with Gasteiger partial charge in [0.1, 0.15) is 0 Å². The quantitative estimate of drug-likeness (QED) is 0.766. The lowest BCUT2D eigenvalue weighted by Crippen LogP contribution is -2.41. The van der Waals surface area contributed by atoms with Crippen LogP contribution in [0.4, 0.5) is 0 Å². The number of hydrogen-bond acceptors (Lipinski definition) is 3. The zero-order valence-corrected chi connectivity index (χ0v) is 16.0. The maximum absolute atomic E-state index is 13.0. The van der Waals surface area contributed by atoms with E-state index in [4.69, 9.17) is 11.6 Å². The Morgan fingerprint density at radius 3 is 2.62 bits per heavy atom. The van der Waals surface area contributed by atoms with E-state index >= 15 is 0 Å². The van der Waals surface area contributed by atoms with Crippen LogP contribution in [0.1, 0.15) is 35.7 Å². The highest BCUT2D eigenvalue weighted by molar-refractivity contribution is 6.30. The topological polar surface area (TPSA) is 36.4 Å². The first-order chi connectivity index (χ1) is 12.6. The number of pyridine rings is 1. The molecule has 0 aliphatic carbocycles. The number of rotatable bonds is 6. The van der Waals surface area contributed by atoms with E-state index in [-0.39, 0.29) is 5.91 Å². The Morgan fingerprint density at radius 1 is 1.23 bits per heavy atom. The molecule has 2 aromatic rings. The van der Waals surface area contributed by atoms with E-state index in [1.54, 1.807) is 18.5 Å². The van der Waals surface area contributed by atoms with Crippen molar-refractivity contribution in [3.63, 3.8) is 0 Å². The molecular weight excluding hydrogens is 346 g/mol. The van der Waals surface area contributed by atoms with Crippen LogP contribution < -0.4 is 0 Å². The summed E-state index contributed by atoms with van der Waals surface area (Å²) in [4.78, 5) is 21.5. The Morgan fingerprint density at radius 2 is 1.96 bits per heavy atom. The van der Waals surface area contributed by atoms with Gasteiger partial charge in [-0.3, -0.25) is 9.78 Å². The fraction of sp³-hybridized carbons (Fsp3) is 0.429. The number of nitrogens with zero attached hydrogens (tertiary/aromatic N) is 3. The molecule has 4 nitrogen and oxygen atoms in total. The average molecular weight is 372 g/mol. The van der Waals surface area contributed by atoms with Crippen molar-refractivity contribution in [1.29, 1.82) is 0 Å². The van der Waals surface area contributed by atoms with Crippen LogP contribution in [-0.2, 0) is 6.54 Å². The molecule has 1 saturated heterocycles. The summed E-state index contributed by atoms with van der Waals surface area (Å²) in [6, 6.07) is 11.3. The summed E-state index contributed by atoms with van der Waals surface area (Å²) in [5, 5.41) is 0.710. The van der Waals surface area contributed by atoms with Crippen molar-refractivity contribution >= 4 is 17.5 Å². The number of carbonyl (C=O) groups is 1. The molecule has 26 heavy (non-hydrogen) atoms. The zero-order valence-electron chi connectivity index (χ0n) is 15.3. The summed E-state index contributed by atoms with van der Waals surface area (Å²) in [6.07, 6.45) is 5.82. The monoisotopic (exact) mass is 371 g/mol. The van der Waals surface area contributed by atoms with Gasteiger partial charge in [-0.1, -0.05) is 30.7 Å². The number of halogens is 1. The lowest BCUT2D eigenvalue weighted by molar-refractivity contribution is 0.0709. The second-order valence-electron chi connectivity index (χ2n) is 7.12. The Hall–Kier alpha value is -1.91. The van der Waals surface area contributed by atoms with Gasteiger partial charge in [-0.15, -0.1) is 0 Å². The maximum Gasteiger partial charge on any atom is 0.255 e. The fourth-order valence-electron chi connectivity index (χ4n) is 3.28. The predicted octanol–water partition coefficient (Wildman–Crippen LogP) is 4.11. The second kappa shape index (κ2) is 9.15. The van der Waals surface area contributed by atoms with Crippen LogP contribution in [0, 0.1) is 5.92 Å². The molecule has 0 spiro atoms. The number of aromatic nitrogens is 1. The highest BCUT2D eigenvalue weighted by atomic mass is 35.5. The molecule has 3 rings (SSSR count). The molecule has 1 fully saturated rings. The van der Waals surface area contributed by atoms with Crippen LogP contribution in [0.15, 0.2) is 48.8 Å². The van der Waals surface area contributed by atoms with E-state index in [0.29, 0.717) is 23.7 Å². The normalized spacial score (nSPS) is 15.8. The zero-order chi connectivity index (χ0) is 18.4. The summed E-state index contributed by atoms with van der Waals surface area (Å²) < 4.78 is 0. The predicted molar refractivity (Wildman–Crippen MR) is 105 cm³/mol. The van der Waals surface area contributed by atoms with Gasteiger partial charge in [-0.2, -0.15) is 0 Å². The van der Waals surface area contributed by atoms with Crippen molar-refractivity contribution in [1.82, 2.24) is 14.8 Å². The number of hydrogen-bond donors (Lipinski definition) is 0. The molecule has 1 amide bonds. The first kappa shape index (κ1) is 18.9. The van der Waals surface area contributed by atoms with Gasteiger partial charge >= 0.3 is 0 Å². The first-order valence-electron chi connectivity index (χ1n) is 9.28. The number of amides is 1. The van der Waals surface area contributed by atoms with Gasteiger partial charge in [0, 0.05) is 37.1 Å². The number of carbonyl (C=O) groups excluding carboxylic acids is 1. The standard InChI is InChI=1S/C21H26ClN3O/c1-17-8-11-24(12-9-17)13-14-25(16-18-4-6-20(22)7-5-18)21(26)19-3-2-10-23-15-19/h2-7,10,15,17H,8-9,11-14,16H2,1H3. The number of likely N-dealkylation sites (tertiary alicyclic amines) is 1. The molecule has 0 radical (unpaired) electrons. The molecule has 138 valence electrons. The largest absolute Gasteiger partial charge is 0.333 e. The van der Waals surface area contributed by atoms with Gasteiger partial charge in [0.25, 0.3) is 5.91 Å². The molecule has 2 heterocycles. The minimum atomic E-state index is 0.0263. The van der Waals surface area contributed by atoms with Crippen LogP contribution >= 0.6 is 11.6 Å². The molecule has 1 aliphatic heterocycles. The van der Waals surface area contributed by atoms with Crippen LogP contribution in [0.3, 0.4) is 0 Å². The molecule has 5 heteroatoms. The highest BCUT2D eigenvalue weighted by Gasteiger charge is 2.20. The van der Waals surface area contributed by atoms with Gasteiger partial charge in [0.05, 0.1) is 5.56 Å². The summed E-state index contributed by atoms with van der Waals surface area (Å²) in [7, 11) is 0. The molecule has 1 aliphatic rings. The van der Waals surface area contributed by atoms with Crippen molar-refractivity contribution in [3.8, 4) is 0 Å². The van der Waals surface area contributed by atoms with Gasteiger partial charge in [0.15, 0.2) is 0 Å². The lowest BCUT2D eigenvalue weighted by atomic mass is 9.99.